The lowest BCUT2D eigenvalue weighted by Crippen LogP contribution is -2.48. The van der Waals surface area contributed by atoms with E-state index in [2.05, 4.69) is 46.0 Å². The van der Waals surface area contributed by atoms with Crippen LogP contribution in [0, 0.1) is 0 Å². The summed E-state index contributed by atoms with van der Waals surface area (Å²) >= 11 is 0. The summed E-state index contributed by atoms with van der Waals surface area (Å²) in [7, 11) is 2.04. The van der Waals surface area contributed by atoms with E-state index in [1.54, 1.807) is 6.20 Å². The number of nitrogens with zero attached hydrogens (tertiary/aromatic N) is 4. The maximum Gasteiger partial charge on any atom is 0.255 e. The summed E-state index contributed by atoms with van der Waals surface area (Å²) in [6.07, 6.45) is 4.02. The monoisotopic (exact) mass is 352 g/mol. The fourth-order valence-corrected chi connectivity index (χ4v) is 3.24. The molecule has 0 radical (unpaired) electrons. The van der Waals surface area contributed by atoms with Gasteiger partial charge in [-0.3, -0.25) is 4.79 Å². The maximum atomic E-state index is 12.7. The molecule has 0 saturated carbocycles. The molecular weight excluding hydrogens is 324 g/mol. The molecule has 1 aliphatic heterocycles. The van der Waals surface area contributed by atoms with Crippen molar-refractivity contribution < 1.29 is 4.79 Å². The minimum Gasteiger partial charge on any atom is -0.368 e. The molecule has 2 heterocycles. The summed E-state index contributed by atoms with van der Waals surface area (Å²) in [5.41, 5.74) is 1.89. The number of hydrogen-bond donors (Lipinski definition) is 0. The van der Waals surface area contributed by atoms with E-state index < -0.39 is 0 Å². The van der Waals surface area contributed by atoms with Crippen molar-refractivity contribution in [1.82, 2.24) is 9.88 Å². The molecule has 138 valence electrons. The summed E-state index contributed by atoms with van der Waals surface area (Å²) < 4.78 is 0. The molecule has 1 fully saturated rings. The van der Waals surface area contributed by atoms with Crippen molar-refractivity contribution in [3.05, 3.63) is 54.2 Å². The molecule has 26 heavy (non-hydrogen) atoms. The van der Waals surface area contributed by atoms with Gasteiger partial charge in [0, 0.05) is 51.7 Å². The fourth-order valence-electron chi connectivity index (χ4n) is 3.24. The molecule has 2 aromatic rings. The highest BCUT2D eigenvalue weighted by Crippen LogP contribution is 2.17. The van der Waals surface area contributed by atoms with Crippen LogP contribution in [-0.4, -0.2) is 55.6 Å². The van der Waals surface area contributed by atoms with Gasteiger partial charge in [0.1, 0.15) is 5.82 Å². The average molecular weight is 352 g/mol. The quantitative estimate of drug-likeness (QED) is 0.800. The first kappa shape index (κ1) is 18.2. The molecule has 3 rings (SSSR count). The average Bonchev–Trinajstić information content (AvgIpc) is 2.72. The maximum absolute atomic E-state index is 12.7. The van der Waals surface area contributed by atoms with E-state index in [1.807, 2.05) is 30.1 Å². The van der Waals surface area contributed by atoms with E-state index in [0.29, 0.717) is 5.56 Å². The van der Waals surface area contributed by atoms with Gasteiger partial charge in [-0.2, -0.15) is 0 Å². The van der Waals surface area contributed by atoms with Crippen LogP contribution in [0.3, 0.4) is 0 Å². The third kappa shape index (κ3) is 4.34. The lowest BCUT2D eigenvalue weighted by Gasteiger charge is -2.36. The van der Waals surface area contributed by atoms with Crippen LogP contribution in [0.15, 0.2) is 48.7 Å². The predicted octanol–water partition coefficient (Wildman–Crippen LogP) is 3.28. The highest BCUT2D eigenvalue weighted by atomic mass is 16.2. The van der Waals surface area contributed by atoms with E-state index in [4.69, 9.17) is 0 Å². The molecule has 0 unspecified atom stereocenters. The fraction of sp³-hybridized carbons (Fsp3) is 0.429. The van der Waals surface area contributed by atoms with Crippen LogP contribution in [0.25, 0.3) is 0 Å². The number of carbonyl (C=O) groups excluding carboxylic acids is 1. The van der Waals surface area contributed by atoms with Gasteiger partial charge >= 0.3 is 0 Å². The molecule has 1 aromatic carbocycles. The van der Waals surface area contributed by atoms with Crippen LogP contribution in [0.2, 0.25) is 0 Å². The number of anilines is 2. The van der Waals surface area contributed by atoms with Crippen LogP contribution >= 0.6 is 0 Å². The normalized spacial score (nSPS) is 14.4. The van der Waals surface area contributed by atoms with Crippen molar-refractivity contribution >= 4 is 17.4 Å². The van der Waals surface area contributed by atoms with E-state index in [1.165, 1.54) is 5.69 Å². The number of carbonyl (C=O) groups is 1. The highest BCUT2D eigenvalue weighted by molar-refractivity contribution is 5.94. The lowest BCUT2D eigenvalue weighted by atomic mass is 10.2. The summed E-state index contributed by atoms with van der Waals surface area (Å²) in [6, 6.07) is 14.2. The zero-order valence-electron chi connectivity index (χ0n) is 15.8. The minimum absolute atomic E-state index is 0.0768. The van der Waals surface area contributed by atoms with Crippen molar-refractivity contribution in [3.63, 3.8) is 0 Å². The van der Waals surface area contributed by atoms with Gasteiger partial charge in [0.05, 0.1) is 5.56 Å². The summed E-state index contributed by atoms with van der Waals surface area (Å²) in [5, 5.41) is 0. The van der Waals surface area contributed by atoms with Gasteiger partial charge in [-0.05, 0) is 30.7 Å². The van der Waals surface area contributed by atoms with Crippen LogP contribution < -0.4 is 9.80 Å². The molecule has 5 heteroatoms. The second kappa shape index (κ2) is 8.70. The molecule has 1 saturated heterocycles. The standard InChI is InChI=1S/C21H28N4O/c1-3-4-12-23(2)20-11-10-18(17-22-20)21(26)25-15-13-24(14-16-25)19-8-6-5-7-9-19/h5-11,17H,3-4,12-16H2,1-2H3. The van der Waals surface area contributed by atoms with Crippen LogP contribution in [0.4, 0.5) is 11.5 Å². The van der Waals surface area contributed by atoms with Crippen molar-refractivity contribution in [3.8, 4) is 0 Å². The molecule has 0 atom stereocenters. The number of benzene rings is 1. The Labute approximate surface area is 156 Å². The molecular formula is C21H28N4O. The van der Waals surface area contributed by atoms with Crippen LogP contribution in [-0.2, 0) is 0 Å². The predicted molar refractivity (Wildman–Crippen MR) is 107 cm³/mol. The second-order valence-corrected chi connectivity index (χ2v) is 6.79. The number of para-hydroxylation sites is 1. The minimum atomic E-state index is 0.0768. The first-order valence-electron chi connectivity index (χ1n) is 9.45. The summed E-state index contributed by atoms with van der Waals surface area (Å²) in [5.74, 6) is 0.997. The van der Waals surface area contributed by atoms with Gasteiger partial charge in [0.2, 0.25) is 0 Å². The zero-order valence-corrected chi connectivity index (χ0v) is 15.8. The SMILES string of the molecule is CCCCN(C)c1ccc(C(=O)N2CCN(c3ccccc3)CC2)cn1. The number of pyridine rings is 1. The Hall–Kier alpha value is -2.56. The van der Waals surface area contributed by atoms with Crippen LogP contribution in [0.1, 0.15) is 30.1 Å². The van der Waals surface area contributed by atoms with E-state index in [9.17, 15) is 4.79 Å². The molecule has 1 aliphatic rings. The Bertz CT molecular complexity index is 694. The summed E-state index contributed by atoms with van der Waals surface area (Å²) in [6.45, 7) is 6.37. The number of hydrogen-bond acceptors (Lipinski definition) is 4. The number of unbranched alkanes of at least 4 members (excludes halogenated alkanes) is 1. The third-order valence-electron chi connectivity index (χ3n) is 4.92. The van der Waals surface area contributed by atoms with Crippen molar-refractivity contribution in [2.24, 2.45) is 0 Å². The summed E-state index contributed by atoms with van der Waals surface area (Å²) in [4.78, 5) is 23.6. The number of piperazine rings is 1. The highest BCUT2D eigenvalue weighted by Gasteiger charge is 2.22. The molecule has 0 N–H and O–H groups in total. The van der Waals surface area contributed by atoms with Crippen molar-refractivity contribution in [1.29, 1.82) is 0 Å². The Morgan fingerprint density at radius 2 is 1.81 bits per heavy atom. The Balaban J connectivity index is 1.56. The van der Waals surface area contributed by atoms with E-state index in [-0.39, 0.29) is 5.91 Å². The molecule has 1 amide bonds. The Kier molecular flexibility index (Phi) is 6.10. The Morgan fingerprint density at radius 3 is 2.42 bits per heavy atom. The van der Waals surface area contributed by atoms with E-state index in [0.717, 1.165) is 51.4 Å². The molecule has 0 bridgehead atoms. The largest absolute Gasteiger partial charge is 0.368 e. The second-order valence-electron chi connectivity index (χ2n) is 6.79. The topological polar surface area (TPSA) is 39.7 Å². The zero-order chi connectivity index (χ0) is 18.4. The van der Waals surface area contributed by atoms with Gasteiger partial charge in [-0.1, -0.05) is 31.5 Å². The third-order valence-corrected chi connectivity index (χ3v) is 4.92. The van der Waals surface area contributed by atoms with Gasteiger partial charge in [0.25, 0.3) is 5.91 Å². The Morgan fingerprint density at radius 1 is 1.08 bits per heavy atom. The number of amides is 1. The number of aromatic nitrogens is 1. The van der Waals surface area contributed by atoms with Crippen molar-refractivity contribution in [2.75, 3.05) is 49.6 Å². The first-order chi connectivity index (χ1) is 12.7. The van der Waals surface area contributed by atoms with Gasteiger partial charge in [-0.15, -0.1) is 0 Å². The smallest absolute Gasteiger partial charge is 0.255 e. The van der Waals surface area contributed by atoms with Crippen LogP contribution in [0.5, 0.6) is 0 Å². The molecule has 0 aliphatic carbocycles. The van der Waals surface area contributed by atoms with Crippen molar-refractivity contribution in [2.45, 2.75) is 19.8 Å². The molecule has 5 nitrogen and oxygen atoms in total. The molecule has 0 spiro atoms. The van der Waals surface area contributed by atoms with E-state index >= 15 is 0 Å². The first-order valence-corrected chi connectivity index (χ1v) is 9.45. The number of rotatable bonds is 6. The molecule has 1 aromatic heterocycles. The lowest BCUT2D eigenvalue weighted by molar-refractivity contribution is 0.0746. The van der Waals surface area contributed by atoms with Gasteiger partial charge < -0.3 is 14.7 Å². The van der Waals surface area contributed by atoms with Gasteiger partial charge in [-0.25, -0.2) is 4.98 Å². The van der Waals surface area contributed by atoms with Gasteiger partial charge in [0.15, 0.2) is 0 Å².